The SMILES string of the molecule is CC(C)n1c(-c2ccc(N)cc2F)nc2cc(Br)ccc21. The molecule has 2 N–H and O–H groups in total. The lowest BCUT2D eigenvalue weighted by atomic mass is 10.1. The molecule has 0 aliphatic heterocycles. The molecular weight excluding hydrogens is 333 g/mol. The molecule has 3 nitrogen and oxygen atoms in total. The zero-order valence-corrected chi connectivity index (χ0v) is 13.4. The summed E-state index contributed by atoms with van der Waals surface area (Å²) in [6, 6.07) is 10.8. The number of nitrogens with zero attached hydrogens (tertiary/aromatic N) is 2. The fourth-order valence-electron chi connectivity index (χ4n) is 2.50. The fraction of sp³-hybridized carbons (Fsp3) is 0.188. The zero-order valence-electron chi connectivity index (χ0n) is 11.8. The minimum absolute atomic E-state index is 0.170. The first-order valence-corrected chi connectivity index (χ1v) is 7.49. The highest BCUT2D eigenvalue weighted by Gasteiger charge is 2.17. The van der Waals surface area contributed by atoms with Crippen LogP contribution < -0.4 is 5.73 Å². The molecule has 2 aromatic carbocycles. The third kappa shape index (κ3) is 2.42. The summed E-state index contributed by atoms with van der Waals surface area (Å²) in [5.41, 5.74) is 8.32. The molecule has 5 heteroatoms. The number of nitrogen functional groups attached to an aromatic ring is 1. The summed E-state index contributed by atoms with van der Waals surface area (Å²) in [5.74, 6) is 0.266. The Bertz CT molecular complexity index is 824. The molecule has 0 radical (unpaired) electrons. The maximum absolute atomic E-state index is 14.2. The van der Waals surface area contributed by atoms with Crippen LogP contribution in [0.25, 0.3) is 22.4 Å². The molecule has 0 aliphatic carbocycles. The van der Waals surface area contributed by atoms with Gasteiger partial charge in [0.15, 0.2) is 0 Å². The molecule has 0 saturated heterocycles. The van der Waals surface area contributed by atoms with Crippen molar-refractivity contribution < 1.29 is 4.39 Å². The molecule has 1 heterocycles. The van der Waals surface area contributed by atoms with Crippen molar-refractivity contribution in [3.63, 3.8) is 0 Å². The van der Waals surface area contributed by atoms with Gasteiger partial charge in [0, 0.05) is 16.2 Å². The average molecular weight is 348 g/mol. The van der Waals surface area contributed by atoms with Crippen molar-refractivity contribution in [1.29, 1.82) is 0 Å². The van der Waals surface area contributed by atoms with Crippen LogP contribution in [0.3, 0.4) is 0 Å². The Kier molecular flexibility index (Phi) is 3.45. The Hall–Kier alpha value is -1.88. The second-order valence-corrected chi connectivity index (χ2v) is 6.19. The number of fused-ring (bicyclic) bond motifs is 1. The Morgan fingerprint density at radius 2 is 1.95 bits per heavy atom. The number of rotatable bonds is 2. The summed E-state index contributed by atoms with van der Waals surface area (Å²) in [7, 11) is 0. The number of nitrogens with two attached hydrogens (primary N) is 1. The highest BCUT2D eigenvalue weighted by atomic mass is 79.9. The number of hydrogen-bond acceptors (Lipinski definition) is 2. The van der Waals surface area contributed by atoms with Crippen molar-refractivity contribution in [3.8, 4) is 11.4 Å². The van der Waals surface area contributed by atoms with E-state index in [9.17, 15) is 4.39 Å². The van der Waals surface area contributed by atoms with E-state index in [4.69, 9.17) is 5.73 Å². The van der Waals surface area contributed by atoms with E-state index in [0.29, 0.717) is 17.1 Å². The van der Waals surface area contributed by atoms with Gasteiger partial charge in [0.1, 0.15) is 11.6 Å². The van der Waals surface area contributed by atoms with Gasteiger partial charge in [-0.3, -0.25) is 0 Å². The summed E-state index contributed by atoms with van der Waals surface area (Å²) in [6.07, 6.45) is 0. The van der Waals surface area contributed by atoms with Crippen LogP contribution in [-0.2, 0) is 0 Å². The average Bonchev–Trinajstić information content (AvgIpc) is 2.76. The summed E-state index contributed by atoms with van der Waals surface area (Å²) in [5, 5.41) is 0. The van der Waals surface area contributed by atoms with E-state index in [1.54, 1.807) is 12.1 Å². The van der Waals surface area contributed by atoms with E-state index in [0.717, 1.165) is 15.5 Å². The van der Waals surface area contributed by atoms with Crippen LogP contribution in [0.1, 0.15) is 19.9 Å². The molecule has 108 valence electrons. The van der Waals surface area contributed by atoms with Gasteiger partial charge in [-0.25, -0.2) is 9.37 Å². The normalized spacial score (nSPS) is 11.5. The van der Waals surface area contributed by atoms with Crippen molar-refractivity contribution >= 4 is 32.7 Å². The van der Waals surface area contributed by atoms with Crippen LogP contribution in [0.15, 0.2) is 40.9 Å². The fourth-order valence-corrected chi connectivity index (χ4v) is 2.85. The maximum Gasteiger partial charge on any atom is 0.144 e. The number of imidazole rings is 1. The molecule has 0 fully saturated rings. The monoisotopic (exact) mass is 347 g/mol. The van der Waals surface area contributed by atoms with Crippen molar-refractivity contribution in [1.82, 2.24) is 9.55 Å². The zero-order chi connectivity index (χ0) is 15.1. The van der Waals surface area contributed by atoms with Crippen LogP contribution in [-0.4, -0.2) is 9.55 Å². The quantitative estimate of drug-likeness (QED) is 0.678. The summed E-state index contributed by atoms with van der Waals surface area (Å²) >= 11 is 3.44. The molecular formula is C16H15BrFN3. The number of hydrogen-bond donors (Lipinski definition) is 1. The lowest BCUT2D eigenvalue weighted by Crippen LogP contribution is -2.04. The third-order valence-electron chi connectivity index (χ3n) is 3.40. The van der Waals surface area contributed by atoms with Gasteiger partial charge in [-0.05, 0) is 50.2 Å². The van der Waals surface area contributed by atoms with E-state index < -0.39 is 0 Å². The predicted molar refractivity (Wildman–Crippen MR) is 87.6 cm³/mol. The molecule has 21 heavy (non-hydrogen) atoms. The molecule has 0 spiro atoms. The standard InChI is InChI=1S/C16H15BrFN3/c1-9(2)21-15-6-3-10(17)7-14(15)20-16(21)12-5-4-11(19)8-13(12)18/h3-9H,19H2,1-2H3. The van der Waals surface area contributed by atoms with Crippen LogP contribution in [0.5, 0.6) is 0 Å². The highest BCUT2D eigenvalue weighted by molar-refractivity contribution is 9.10. The largest absolute Gasteiger partial charge is 0.399 e. The van der Waals surface area contributed by atoms with E-state index in [2.05, 4.69) is 34.8 Å². The highest BCUT2D eigenvalue weighted by Crippen LogP contribution is 2.31. The van der Waals surface area contributed by atoms with Gasteiger partial charge in [-0.15, -0.1) is 0 Å². The summed E-state index contributed by atoms with van der Waals surface area (Å²) < 4.78 is 17.2. The van der Waals surface area contributed by atoms with Gasteiger partial charge in [0.2, 0.25) is 0 Å². The third-order valence-corrected chi connectivity index (χ3v) is 3.90. The lowest BCUT2D eigenvalue weighted by Gasteiger charge is -2.13. The smallest absolute Gasteiger partial charge is 0.144 e. The van der Waals surface area contributed by atoms with Crippen LogP contribution >= 0.6 is 15.9 Å². The second-order valence-electron chi connectivity index (χ2n) is 5.27. The molecule has 3 rings (SSSR count). The van der Waals surface area contributed by atoms with Crippen molar-refractivity contribution in [3.05, 3.63) is 46.7 Å². The van der Waals surface area contributed by atoms with E-state index in [1.807, 2.05) is 22.8 Å². The number of anilines is 1. The minimum Gasteiger partial charge on any atom is -0.399 e. The maximum atomic E-state index is 14.2. The first-order chi connectivity index (χ1) is 9.97. The van der Waals surface area contributed by atoms with E-state index in [-0.39, 0.29) is 11.9 Å². The van der Waals surface area contributed by atoms with Crippen LogP contribution in [0.2, 0.25) is 0 Å². The molecule has 0 saturated carbocycles. The van der Waals surface area contributed by atoms with Crippen molar-refractivity contribution in [2.45, 2.75) is 19.9 Å². The molecule has 0 unspecified atom stereocenters. The van der Waals surface area contributed by atoms with Crippen LogP contribution in [0, 0.1) is 5.82 Å². The Balaban J connectivity index is 2.33. The summed E-state index contributed by atoms with van der Waals surface area (Å²) in [6.45, 7) is 4.11. The molecule has 0 amide bonds. The number of benzene rings is 2. The van der Waals surface area contributed by atoms with Gasteiger partial charge in [0.25, 0.3) is 0 Å². The summed E-state index contributed by atoms with van der Waals surface area (Å²) in [4.78, 5) is 4.61. The van der Waals surface area contributed by atoms with E-state index >= 15 is 0 Å². The Morgan fingerprint density at radius 1 is 1.19 bits per heavy atom. The first kappa shape index (κ1) is 14.1. The van der Waals surface area contributed by atoms with Gasteiger partial charge in [-0.2, -0.15) is 0 Å². The van der Waals surface area contributed by atoms with Crippen LogP contribution in [0.4, 0.5) is 10.1 Å². The molecule has 0 bridgehead atoms. The first-order valence-electron chi connectivity index (χ1n) is 6.70. The predicted octanol–water partition coefficient (Wildman–Crippen LogP) is 4.77. The van der Waals surface area contributed by atoms with Crippen molar-refractivity contribution in [2.75, 3.05) is 5.73 Å². The Labute approximate surface area is 130 Å². The van der Waals surface area contributed by atoms with Gasteiger partial charge >= 0.3 is 0 Å². The molecule has 1 aromatic heterocycles. The van der Waals surface area contributed by atoms with Gasteiger partial charge in [0.05, 0.1) is 16.6 Å². The minimum atomic E-state index is -0.355. The Morgan fingerprint density at radius 3 is 2.62 bits per heavy atom. The number of halogens is 2. The van der Waals surface area contributed by atoms with E-state index in [1.165, 1.54) is 6.07 Å². The molecule has 3 aromatic rings. The van der Waals surface area contributed by atoms with Gasteiger partial charge < -0.3 is 10.3 Å². The van der Waals surface area contributed by atoms with Gasteiger partial charge in [-0.1, -0.05) is 15.9 Å². The molecule has 0 atom stereocenters. The second kappa shape index (κ2) is 5.15. The van der Waals surface area contributed by atoms with Crippen molar-refractivity contribution in [2.24, 2.45) is 0 Å². The topological polar surface area (TPSA) is 43.8 Å². The number of aromatic nitrogens is 2. The lowest BCUT2D eigenvalue weighted by molar-refractivity contribution is 0.608. The molecule has 0 aliphatic rings.